The van der Waals surface area contributed by atoms with Crippen molar-refractivity contribution in [2.75, 3.05) is 0 Å². The molecular weight excluding hydrogens is 220 g/mol. The highest BCUT2D eigenvalue weighted by molar-refractivity contribution is 6.12. The quantitative estimate of drug-likeness (QED) is 0.678. The molecule has 18 heavy (non-hydrogen) atoms. The maximum absolute atomic E-state index is 12.1. The number of ketones is 1. The minimum atomic E-state index is 0.106. The predicted octanol–water partition coefficient (Wildman–Crippen LogP) is 2.18. The van der Waals surface area contributed by atoms with Crippen LogP contribution in [0, 0.1) is 0 Å². The van der Waals surface area contributed by atoms with E-state index in [2.05, 4.69) is 18.2 Å². The van der Waals surface area contributed by atoms with E-state index in [0.29, 0.717) is 0 Å². The van der Waals surface area contributed by atoms with E-state index in [9.17, 15) is 4.79 Å². The van der Waals surface area contributed by atoms with Crippen molar-refractivity contribution in [3.05, 3.63) is 64.1 Å². The minimum absolute atomic E-state index is 0.106. The zero-order chi connectivity index (χ0) is 12.1. The number of benzene rings is 2. The van der Waals surface area contributed by atoms with Crippen LogP contribution in [0.2, 0.25) is 0 Å². The largest absolute Gasteiger partial charge is 0.289 e. The highest BCUT2D eigenvalue weighted by atomic mass is 16.1. The number of carbonyl (C=O) groups is 1. The first-order chi connectivity index (χ1) is 8.86. The molecule has 0 bridgehead atoms. The van der Waals surface area contributed by atoms with Crippen LogP contribution in [0.1, 0.15) is 15.9 Å². The summed E-state index contributed by atoms with van der Waals surface area (Å²) in [4.78, 5) is 12.1. The van der Waals surface area contributed by atoms with E-state index in [1.54, 1.807) is 6.08 Å². The van der Waals surface area contributed by atoms with Gasteiger partial charge in [-0.05, 0) is 32.8 Å². The summed E-state index contributed by atoms with van der Waals surface area (Å²) in [6.45, 7) is 0. The van der Waals surface area contributed by atoms with Crippen LogP contribution in [0.15, 0.2) is 42.5 Å². The van der Waals surface area contributed by atoms with E-state index in [1.165, 1.54) is 10.6 Å². The Morgan fingerprint density at radius 2 is 1.44 bits per heavy atom. The van der Waals surface area contributed by atoms with Crippen molar-refractivity contribution in [2.24, 2.45) is 0 Å². The Kier molecular flexibility index (Phi) is 1.76. The van der Waals surface area contributed by atoms with Crippen LogP contribution in [0.5, 0.6) is 0 Å². The molecule has 1 heteroatoms. The van der Waals surface area contributed by atoms with E-state index in [-0.39, 0.29) is 5.78 Å². The molecule has 0 atom stereocenters. The molecule has 0 unspecified atom stereocenters. The van der Waals surface area contributed by atoms with Gasteiger partial charge in [0.1, 0.15) is 0 Å². The highest BCUT2D eigenvalue weighted by Crippen LogP contribution is 2.17. The smallest absolute Gasteiger partial charge is 0.187 e. The van der Waals surface area contributed by atoms with Gasteiger partial charge in [-0.1, -0.05) is 54.6 Å². The Morgan fingerprint density at radius 1 is 0.778 bits per heavy atom. The third-order valence-electron chi connectivity index (χ3n) is 3.62. The molecule has 84 valence electrons. The van der Waals surface area contributed by atoms with Gasteiger partial charge in [-0.15, -0.1) is 0 Å². The van der Waals surface area contributed by atoms with Crippen LogP contribution in [0.3, 0.4) is 0 Å². The van der Waals surface area contributed by atoms with Gasteiger partial charge < -0.3 is 0 Å². The van der Waals surface area contributed by atoms with Crippen LogP contribution in [0.4, 0.5) is 0 Å². The molecule has 0 saturated carbocycles. The van der Waals surface area contributed by atoms with Crippen LogP contribution >= 0.6 is 0 Å². The van der Waals surface area contributed by atoms with Gasteiger partial charge in [-0.2, -0.15) is 0 Å². The average Bonchev–Trinajstić information content (AvgIpc) is 2.88. The predicted molar refractivity (Wildman–Crippen MR) is 74.6 cm³/mol. The molecule has 1 nitrogen and oxygen atoms in total. The van der Waals surface area contributed by atoms with Crippen LogP contribution in [-0.2, 0) is 0 Å². The molecule has 2 aliphatic carbocycles. The van der Waals surface area contributed by atoms with Crippen molar-refractivity contribution in [1.29, 1.82) is 0 Å². The fourth-order valence-electron chi connectivity index (χ4n) is 2.86. The Labute approximate surface area is 104 Å². The fourth-order valence-corrected chi connectivity index (χ4v) is 2.86. The number of allylic oxidation sites excluding steroid dienone is 3. The summed E-state index contributed by atoms with van der Waals surface area (Å²) >= 11 is 0. The lowest BCUT2D eigenvalue weighted by Crippen LogP contribution is -2.25. The molecule has 0 aromatic heterocycles. The molecule has 2 aromatic rings. The number of hydrogen-bond acceptors (Lipinski definition) is 1. The Bertz CT molecular complexity index is 880. The Balaban J connectivity index is 2.40. The summed E-state index contributed by atoms with van der Waals surface area (Å²) in [5, 5.41) is 4.60. The molecule has 0 N–H and O–H groups in total. The van der Waals surface area contributed by atoms with Crippen LogP contribution in [-0.4, -0.2) is 5.78 Å². The second-order valence-corrected chi connectivity index (χ2v) is 4.58. The zero-order valence-corrected chi connectivity index (χ0v) is 9.68. The molecule has 0 amide bonds. The van der Waals surface area contributed by atoms with Gasteiger partial charge in [0, 0.05) is 5.56 Å². The first kappa shape index (κ1) is 9.60. The summed E-state index contributed by atoms with van der Waals surface area (Å²) in [5.74, 6) is 0.106. The van der Waals surface area contributed by atoms with Crippen molar-refractivity contribution in [1.82, 2.24) is 0 Å². The molecule has 0 aliphatic heterocycles. The molecule has 2 aliphatic rings. The van der Waals surface area contributed by atoms with Crippen LogP contribution < -0.4 is 10.4 Å². The van der Waals surface area contributed by atoms with Gasteiger partial charge in [0.25, 0.3) is 0 Å². The molecule has 0 heterocycles. The maximum atomic E-state index is 12.1. The molecule has 0 radical (unpaired) electrons. The average molecular weight is 230 g/mol. The monoisotopic (exact) mass is 230 g/mol. The van der Waals surface area contributed by atoms with E-state index in [4.69, 9.17) is 0 Å². The van der Waals surface area contributed by atoms with Crippen molar-refractivity contribution < 1.29 is 4.79 Å². The fraction of sp³-hybridized carbons (Fsp3) is 0. The molecular formula is C17H10O. The first-order valence-electron chi connectivity index (χ1n) is 6.02. The van der Waals surface area contributed by atoms with Gasteiger partial charge in [0.2, 0.25) is 0 Å². The molecule has 0 spiro atoms. The van der Waals surface area contributed by atoms with Gasteiger partial charge in [0.15, 0.2) is 5.78 Å². The first-order valence-corrected chi connectivity index (χ1v) is 6.02. The number of hydrogen-bond donors (Lipinski definition) is 0. The lowest BCUT2D eigenvalue weighted by Gasteiger charge is -2.11. The second kappa shape index (κ2) is 3.30. The molecule has 0 fully saturated rings. The summed E-state index contributed by atoms with van der Waals surface area (Å²) in [6.07, 6.45) is 11.7. The van der Waals surface area contributed by atoms with Crippen molar-refractivity contribution in [3.63, 3.8) is 0 Å². The summed E-state index contributed by atoms with van der Waals surface area (Å²) in [5.41, 5.74) is 1.91. The van der Waals surface area contributed by atoms with Crippen molar-refractivity contribution >= 4 is 34.8 Å². The lowest BCUT2D eigenvalue weighted by molar-refractivity contribution is 0.104. The summed E-state index contributed by atoms with van der Waals surface area (Å²) in [6, 6.07) is 8.27. The number of fused-ring (bicyclic) bond motifs is 6. The van der Waals surface area contributed by atoms with E-state index >= 15 is 0 Å². The summed E-state index contributed by atoms with van der Waals surface area (Å²) in [7, 11) is 0. The normalized spacial score (nSPS) is 15.2. The second-order valence-electron chi connectivity index (χ2n) is 4.58. The Morgan fingerprint density at radius 3 is 2.28 bits per heavy atom. The standard InChI is InChI=1S/C17H10O/c18-16-10-4-9-15-12-6-2-1-5-11(12)13-7-3-8-14(13)17(15)16/h1-10H. The molecule has 0 saturated heterocycles. The van der Waals surface area contributed by atoms with Gasteiger partial charge in [0.05, 0.1) is 0 Å². The third-order valence-corrected chi connectivity index (χ3v) is 3.62. The lowest BCUT2D eigenvalue weighted by atomic mass is 9.91. The van der Waals surface area contributed by atoms with Crippen LogP contribution in [0.25, 0.3) is 29.0 Å². The van der Waals surface area contributed by atoms with E-state index in [1.807, 2.05) is 36.4 Å². The van der Waals surface area contributed by atoms with Crippen molar-refractivity contribution in [2.45, 2.75) is 0 Å². The third kappa shape index (κ3) is 1.08. The van der Waals surface area contributed by atoms with E-state index < -0.39 is 0 Å². The number of carbonyl (C=O) groups excluding carboxylic acids is 1. The van der Waals surface area contributed by atoms with Gasteiger partial charge >= 0.3 is 0 Å². The minimum Gasteiger partial charge on any atom is -0.289 e. The van der Waals surface area contributed by atoms with Gasteiger partial charge in [-0.3, -0.25) is 4.79 Å². The topological polar surface area (TPSA) is 17.1 Å². The highest BCUT2D eigenvalue weighted by Gasteiger charge is 2.17. The molecule has 2 aromatic carbocycles. The molecule has 4 rings (SSSR count). The maximum Gasteiger partial charge on any atom is 0.187 e. The van der Waals surface area contributed by atoms with Gasteiger partial charge in [-0.25, -0.2) is 0 Å². The zero-order valence-electron chi connectivity index (χ0n) is 9.68. The number of rotatable bonds is 0. The SMILES string of the molecule is O=C1C=CC=c2c1c1c(c3ccccc23)=CC=C1. The Hall–Kier alpha value is -2.41. The van der Waals surface area contributed by atoms with Crippen molar-refractivity contribution in [3.8, 4) is 0 Å². The van der Waals surface area contributed by atoms with E-state index in [0.717, 1.165) is 21.7 Å². The summed E-state index contributed by atoms with van der Waals surface area (Å²) < 4.78 is 0.